The monoisotopic (exact) mass is 323 g/mol. The Morgan fingerprint density at radius 1 is 1.38 bits per heavy atom. The van der Waals surface area contributed by atoms with Crippen LogP contribution in [0, 0.1) is 0 Å². The van der Waals surface area contributed by atoms with Crippen LogP contribution in [0.1, 0.15) is 16.1 Å². The van der Waals surface area contributed by atoms with E-state index in [1.807, 2.05) is 12.1 Å². The van der Waals surface area contributed by atoms with Crippen molar-refractivity contribution >= 4 is 50.5 Å². The highest BCUT2D eigenvalue weighted by molar-refractivity contribution is 7.21. The summed E-state index contributed by atoms with van der Waals surface area (Å²) in [6, 6.07) is 5.49. The van der Waals surface area contributed by atoms with Gasteiger partial charge in [-0.15, -0.1) is 11.3 Å². The van der Waals surface area contributed by atoms with Crippen LogP contribution in [-0.4, -0.2) is 36.3 Å². The molecule has 2 heterocycles. The Balaban J connectivity index is 1.96. The number of anilines is 1. The summed E-state index contributed by atoms with van der Waals surface area (Å²) in [5, 5.41) is 4.03. The van der Waals surface area contributed by atoms with Gasteiger partial charge < -0.3 is 16.0 Å². The van der Waals surface area contributed by atoms with Gasteiger partial charge in [0.1, 0.15) is 4.88 Å². The molecular formula is C14H14ClN3O2S. The van der Waals surface area contributed by atoms with Crippen molar-refractivity contribution in [1.29, 1.82) is 0 Å². The summed E-state index contributed by atoms with van der Waals surface area (Å²) < 4.78 is 0.896. The molecule has 2 amide bonds. The maximum Gasteiger partial charge on any atom is 0.266 e. The van der Waals surface area contributed by atoms with E-state index < -0.39 is 0 Å². The smallest absolute Gasteiger partial charge is 0.266 e. The summed E-state index contributed by atoms with van der Waals surface area (Å²) in [4.78, 5) is 26.1. The molecule has 3 rings (SSSR count). The number of amides is 2. The minimum absolute atomic E-state index is 0.0299. The summed E-state index contributed by atoms with van der Waals surface area (Å²) in [5.74, 6) is -0.168. The molecule has 1 fully saturated rings. The van der Waals surface area contributed by atoms with Gasteiger partial charge >= 0.3 is 0 Å². The van der Waals surface area contributed by atoms with E-state index in [2.05, 4.69) is 5.32 Å². The van der Waals surface area contributed by atoms with Crippen LogP contribution in [0.4, 0.5) is 5.69 Å². The lowest BCUT2D eigenvalue weighted by Gasteiger charge is -2.18. The number of nitrogens with two attached hydrogens (primary N) is 1. The van der Waals surface area contributed by atoms with Gasteiger partial charge in [-0.25, -0.2) is 0 Å². The largest absolute Gasteiger partial charge is 0.397 e. The normalized spacial score (nSPS) is 15.9. The molecule has 0 bridgehead atoms. The lowest BCUT2D eigenvalue weighted by Crippen LogP contribution is -2.34. The molecule has 1 aliphatic heterocycles. The number of benzene rings is 1. The summed E-state index contributed by atoms with van der Waals surface area (Å²) in [7, 11) is 0. The molecule has 0 saturated carbocycles. The van der Waals surface area contributed by atoms with Crippen molar-refractivity contribution in [2.24, 2.45) is 0 Å². The Labute approximate surface area is 130 Å². The van der Waals surface area contributed by atoms with Gasteiger partial charge in [-0.05, 0) is 12.1 Å². The minimum Gasteiger partial charge on any atom is -0.397 e. The second-order valence-electron chi connectivity index (χ2n) is 4.85. The molecule has 3 N–H and O–H groups in total. The van der Waals surface area contributed by atoms with E-state index in [1.165, 1.54) is 11.3 Å². The number of hydrogen-bond donors (Lipinski definition) is 2. The Bertz CT molecular complexity index is 728. The fraction of sp³-hybridized carbons (Fsp3) is 0.286. The lowest BCUT2D eigenvalue weighted by atomic mass is 10.2. The number of hydrogen-bond acceptors (Lipinski definition) is 4. The predicted molar refractivity (Wildman–Crippen MR) is 84.8 cm³/mol. The molecule has 5 nitrogen and oxygen atoms in total. The fourth-order valence-electron chi connectivity index (χ4n) is 2.40. The Morgan fingerprint density at radius 3 is 2.95 bits per heavy atom. The van der Waals surface area contributed by atoms with Gasteiger partial charge in [0.05, 0.1) is 10.7 Å². The highest BCUT2D eigenvalue weighted by atomic mass is 35.5. The minimum atomic E-state index is -0.138. The van der Waals surface area contributed by atoms with Crippen LogP contribution in [0.2, 0.25) is 5.02 Å². The van der Waals surface area contributed by atoms with Crippen LogP contribution in [0.15, 0.2) is 18.2 Å². The van der Waals surface area contributed by atoms with Gasteiger partial charge in [-0.3, -0.25) is 9.59 Å². The first-order chi connectivity index (χ1) is 10.1. The second kappa shape index (κ2) is 5.54. The van der Waals surface area contributed by atoms with E-state index >= 15 is 0 Å². The highest BCUT2D eigenvalue weighted by Gasteiger charge is 2.24. The molecule has 0 radical (unpaired) electrons. The van der Waals surface area contributed by atoms with E-state index in [4.69, 9.17) is 17.3 Å². The highest BCUT2D eigenvalue weighted by Crippen LogP contribution is 2.38. The van der Waals surface area contributed by atoms with E-state index in [-0.39, 0.29) is 11.8 Å². The Kier molecular flexibility index (Phi) is 3.73. The van der Waals surface area contributed by atoms with Gasteiger partial charge in [0.2, 0.25) is 5.91 Å². The van der Waals surface area contributed by atoms with Crippen molar-refractivity contribution in [3.63, 3.8) is 0 Å². The van der Waals surface area contributed by atoms with E-state index in [0.29, 0.717) is 41.6 Å². The first kappa shape index (κ1) is 14.2. The molecule has 2 aromatic rings. The van der Waals surface area contributed by atoms with Crippen LogP contribution in [-0.2, 0) is 4.79 Å². The standard InChI is InChI=1S/C14H14ClN3O2S/c15-8-2-1-3-9-11(8)12(16)13(21-9)14(20)18-6-4-10(19)17-5-7-18/h1-3H,4-7,16H2,(H,17,19). The van der Waals surface area contributed by atoms with Crippen LogP contribution < -0.4 is 11.1 Å². The average Bonchev–Trinajstić information content (AvgIpc) is 2.65. The van der Waals surface area contributed by atoms with Crippen molar-refractivity contribution < 1.29 is 9.59 Å². The summed E-state index contributed by atoms with van der Waals surface area (Å²) in [6.07, 6.45) is 0.317. The number of nitrogen functional groups attached to an aromatic ring is 1. The third kappa shape index (κ3) is 2.56. The molecule has 1 aromatic heterocycles. The van der Waals surface area contributed by atoms with Gasteiger partial charge in [0.15, 0.2) is 0 Å². The zero-order valence-electron chi connectivity index (χ0n) is 11.2. The molecule has 0 unspecified atom stereocenters. The maximum absolute atomic E-state index is 12.6. The topological polar surface area (TPSA) is 75.4 Å². The Morgan fingerprint density at radius 2 is 2.19 bits per heavy atom. The number of nitrogens with zero attached hydrogens (tertiary/aromatic N) is 1. The van der Waals surface area contributed by atoms with Crippen LogP contribution in [0.25, 0.3) is 10.1 Å². The van der Waals surface area contributed by atoms with Crippen molar-refractivity contribution in [2.45, 2.75) is 6.42 Å². The molecular weight excluding hydrogens is 310 g/mol. The van der Waals surface area contributed by atoms with Crippen molar-refractivity contribution in [1.82, 2.24) is 10.2 Å². The SMILES string of the molecule is Nc1c(C(=O)N2CCNC(=O)CC2)sc2cccc(Cl)c12. The molecule has 0 spiro atoms. The van der Waals surface area contributed by atoms with E-state index in [9.17, 15) is 9.59 Å². The quantitative estimate of drug-likeness (QED) is 0.844. The van der Waals surface area contributed by atoms with Crippen molar-refractivity contribution in [3.8, 4) is 0 Å². The molecule has 0 aliphatic carbocycles. The third-order valence-electron chi connectivity index (χ3n) is 3.50. The number of fused-ring (bicyclic) bond motifs is 1. The predicted octanol–water partition coefficient (Wildman–Crippen LogP) is 2.10. The molecule has 1 aliphatic rings. The number of carbonyl (C=O) groups is 2. The summed E-state index contributed by atoms with van der Waals surface area (Å²) in [6.45, 7) is 1.37. The average molecular weight is 324 g/mol. The van der Waals surface area contributed by atoms with Crippen LogP contribution >= 0.6 is 22.9 Å². The summed E-state index contributed by atoms with van der Waals surface area (Å²) in [5.41, 5.74) is 6.53. The number of halogens is 1. The molecule has 1 aromatic carbocycles. The zero-order chi connectivity index (χ0) is 15.0. The lowest BCUT2D eigenvalue weighted by molar-refractivity contribution is -0.120. The number of thiophene rings is 1. The maximum atomic E-state index is 12.6. The van der Waals surface area contributed by atoms with Gasteiger partial charge in [0, 0.05) is 36.1 Å². The first-order valence-electron chi connectivity index (χ1n) is 6.60. The van der Waals surface area contributed by atoms with Crippen molar-refractivity contribution in [3.05, 3.63) is 28.1 Å². The molecule has 0 atom stereocenters. The van der Waals surface area contributed by atoms with Gasteiger partial charge in [0.25, 0.3) is 5.91 Å². The number of rotatable bonds is 1. The van der Waals surface area contributed by atoms with Crippen LogP contribution in [0.3, 0.4) is 0 Å². The number of carbonyl (C=O) groups excluding carboxylic acids is 2. The third-order valence-corrected chi connectivity index (χ3v) is 4.97. The number of nitrogens with one attached hydrogen (secondary N) is 1. The van der Waals surface area contributed by atoms with Gasteiger partial charge in [-0.2, -0.15) is 0 Å². The molecule has 7 heteroatoms. The van der Waals surface area contributed by atoms with Crippen molar-refractivity contribution in [2.75, 3.05) is 25.4 Å². The second-order valence-corrected chi connectivity index (χ2v) is 6.31. The van der Waals surface area contributed by atoms with Crippen LogP contribution in [0.5, 0.6) is 0 Å². The van der Waals surface area contributed by atoms with E-state index in [0.717, 1.165) is 10.1 Å². The zero-order valence-corrected chi connectivity index (χ0v) is 12.8. The Hall–Kier alpha value is -1.79. The first-order valence-corrected chi connectivity index (χ1v) is 7.80. The molecule has 110 valence electrons. The van der Waals surface area contributed by atoms with E-state index in [1.54, 1.807) is 11.0 Å². The van der Waals surface area contributed by atoms with Gasteiger partial charge in [-0.1, -0.05) is 17.7 Å². The fourth-order valence-corrected chi connectivity index (χ4v) is 3.85. The summed E-state index contributed by atoms with van der Waals surface area (Å²) >= 11 is 7.50. The molecule has 1 saturated heterocycles. The molecule has 21 heavy (non-hydrogen) atoms.